The Hall–Kier alpha value is -3.24. The van der Waals surface area contributed by atoms with E-state index in [0.29, 0.717) is 64.2 Å². The maximum absolute atomic E-state index is 14.7. The smallest absolute Gasteiger partial charge is 0.309 e. The quantitative estimate of drug-likeness (QED) is 0.0873. The Morgan fingerprint density at radius 1 is 0.848 bits per heavy atom. The Morgan fingerprint density at radius 2 is 1.55 bits per heavy atom. The second-order valence-corrected chi connectivity index (χ2v) is 20.9. The molecule has 1 aromatic carbocycles. The Kier molecular flexibility index (Phi) is 16.7. The number of benzene rings is 1. The van der Waals surface area contributed by atoms with E-state index in [0.717, 1.165) is 12.0 Å². The molecule has 14 nitrogen and oxygen atoms in total. The molecule has 18 atom stereocenters. The highest BCUT2D eigenvalue weighted by molar-refractivity contribution is 6.35. The number of carbonyl (C=O) groups excluding carboxylic acids is 3. The summed E-state index contributed by atoms with van der Waals surface area (Å²) in [4.78, 5) is 53.7. The summed E-state index contributed by atoms with van der Waals surface area (Å²) in [6.45, 7) is 19.7. The molecule has 370 valence electrons. The maximum atomic E-state index is 14.7. The number of carboxylic acids is 1. The molecule has 1 unspecified atom stereocenters. The first-order chi connectivity index (χ1) is 31.2. The zero-order chi connectivity index (χ0) is 48.4. The van der Waals surface area contributed by atoms with Gasteiger partial charge in [-0.25, -0.2) is 0 Å². The van der Waals surface area contributed by atoms with Gasteiger partial charge in [0.1, 0.15) is 11.8 Å². The van der Waals surface area contributed by atoms with Gasteiger partial charge in [-0.15, -0.1) is 0 Å². The number of hydrogen-bond acceptors (Lipinski definition) is 11. The zero-order valence-electron chi connectivity index (χ0n) is 41.1. The van der Waals surface area contributed by atoms with Crippen molar-refractivity contribution in [1.82, 2.24) is 10.6 Å². The average molecular weight is 925 g/mol. The molecule has 0 aliphatic carbocycles. The predicted octanol–water partition coefficient (Wildman–Crippen LogP) is 6.67. The van der Waals surface area contributed by atoms with Crippen LogP contribution in [0.1, 0.15) is 139 Å². The first kappa shape index (κ1) is 52.1. The average Bonchev–Trinajstić information content (AvgIpc) is 3.64. The molecule has 66 heavy (non-hydrogen) atoms. The van der Waals surface area contributed by atoms with Gasteiger partial charge in [-0.2, -0.15) is 0 Å². The third kappa shape index (κ3) is 10.6. The van der Waals surface area contributed by atoms with Gasteiger partial charge in [0.2, 0.25) is 0 Å². The van der Waals surface area contributed by atoms with Crippen LogP contribution in [0.25, 0.3) is 0 Å². The van der Waals surface area contributed by atoms with E-state index in [2.05, 4.69) is 24.5 Å². The first-order valence-electron chi connectivity index (χ1n) is 25.0. The number of carbonyl (C=O) groups is 4. The van der Waals surface area contributed by atoms with Crippen molar-refractivity contribution in [3.05, 3.63) is 48.0 Å². The molecular formula is C52H80N2O12. The molecule has 5 N–H and O–H groups in total. The number of aliphatic carboxylic acids is 1. The minimum atomic E-state index is -1.50. The zero-order valence-corrected chi connectivity index (χ0v) is 41.1. The summed E-state index contributed by atoms with van der Waals surface area (Å²) >= 11 is 0. The van der Waals surface area contributed by atoms with E-state index in [1.54, 1.807) is 19.1 Å². The third-order valence-corrected chi connectivity index (χ3v) is 16.5. The molecule has 4 fully saturated rings. The first-order valence-corrected chi connectivity index (χ1v) is 25.0. The van der Waals surface area contributed by atoms with Gasteiger partial charge in [0, 0.05) is 36.6 Å². The summed E-state index contributed by atoms with van der Waals surface area (Å²) in [5.41, 5.74) is -0.817. The molecule has 14 heteroatoms. The van der Waals surface area contributed by atoms with Crippen LogP contribution >= 0.6 is 0 Å². The van der Waals surface area contributed by atoms with Crippen LogP contribution in [0.15, 0.2) is 42.5 Å². The molecule has 5 heterocycles. The molecular weight excluding hydrogens is 845 g/mol. The van der Waals surface area contributed by atoms with E-state index >= 15 is 0 Å². The lowest BCUT2D eigenvalue weighted by Gasteiger charge is -2.55. The number of ether oxygens (including phenoxy) is 5. The molecule has 0 radical (unpaired) electrons. The molecule has 2 amide bonds. The molecule has 6 rings (SSSR count). The van der Waals surface area contributed by atoms with Crippen LogP contribution in [-0.2, 0) is 49.3 Å². The highest BCUT2D eigenvalue weighted by Gasteiger charge is 2.63. The van der Waals surface area contributed by atoms with Crippen LogP contribution in [0.4, 0.5) is 0 Å². The predicted molar refractivity (Wildman–Crippen MR) is 248 cm³/mol. The monoisotopic (exact) mass is 925 g/mol. The molecule has 2 spiro atoms. The molecule has 0 bridgehead atoms. The van der Waals surface area contributed by atoms with Gasteiger partial charge in [-0.05, 0) is 102 Å². The van der Waals surface area contributed by atoms with Gasteiger partial charge in [0.25, 0.3) is 0 Å². The van der Waals surface area contributed by atoms with Gasteiger partial charge in [0.05, 0.1) is 53.7 Å². The topological polar surface area (TPSA) is 199 Å². The Labute approximate surface area is 392 Å². The molecule has 0 aromatic heterocycles. The third-order valence-electron chi connectivity index (χ3n) is 16.5. The summed E-state index contributed by atoms with van der Waals surface area (Å²) in [7, 11) is 0. The number of nitrogens with one attached hydrogen (secondary N) is 2. The van der Waals surface area contributed by atoms with Gasteiger partial charge < -0.3 is 49.6 Å². The SMILES string of the molecule is CCC(C(=O)[C@@H](C)[C@@H](O)[C@H](C)[C@@H]1O[C@@H]([C@@H](CC)C(=O)O)CC[C@@H]1C)[C@H]1O[C@]2(C=C[C@@H](NC(=O)C(=O)NCCc3ccccc3)[C@]3(CC[C@@](C)([C@H]4CC[C@](O)(CC)[C@H](C)O4)O3)O2)[C@H](C)C[C@@H]1C. The lowest BCUT2D eigenvalue weighted by atomic mass is 9.72. The van der Waals surface area contributed by atoms with E-state index in [-0.39, 0.29) is 30.1 Å². The molecule has 4 saturated heterocycles. The fourth-order valence-corrected chi connectivity index (χ4v) is 11.9. The van der Waals surface area contributed by atoms with Crippen molar-refractivity contribution in [1.29, 1.82) is 0 Å². The number of rotatable bonds is 16. The number of aliphatic hydroxyl groups is 2. The summed E-state index contributed by atoms with van der Waals surface area (Å²) in [5, 5.41) is 38.7. The van der Waals surface area contributed by atoms with Crippen LogP contribution in [0.3, 0.4) is 0 Å². The van der Waals surface area contributed by atoms with Crippen LogP contribution in [-0.4, -0.2) is 111 Å². The Morgan fingerprint density at radius 3 is 2.18 bits per heavy atom. The van der Waals surface area contributed by atoms with E-state index in [4.69, 9.17) is 23.7 Å². The number of hydrogen-bond donors (Lipinski definition) is 5. The maximum Gasteiger partial charge on any atom is 0.309 e. The number of Topliss-reactive ketones (excluding diaryl/α,β-unsaturated/α-hetero) is 1. The fourth-order valence-electron chi connectivity index (χ4n) is 11.9. The van der Waals surface area contributed by atoms with Crippen molar-refractivity contribution in [3.8, 4) is 0 Å². The minimum absolute atomic E-state index is 0.0695. The van der Waals surface area contributed by atoms with E-state index < -0.39 is 107 Å². The van der Waals surface area contributed by atoms with Crippen molar-refractivity contribution < 1.29 is 58.2 Å². The molecule has 5 aliphatic heterocycles. The Balaban J connectivity index is 1.23. The lowest BCUT2D eigenvalue weighted by molar-refractivity contribution is -0.398. The van der Waals surface area contributed by atoms with Crippen LogP contribution in [0.2, 0.25) is 0 Å². The molecule has 1 aromatic rings. The Bertz CT molecular complexity index is 1880. The molecule has 5 aliphatic rings. The van der Waals surface area contributed by atoms with Gasteiger partial charge >= 0.3 is 17.8 Å². The van der Waals surface area contributed by atoms with Crippen LogP contribution < -0.4 is 10.6 Å². The number of carboxylic acid groups (broad SMARTS) is 1. The van der Waals surface area contributed by atoms with Crippen molar-refractivity contribution in [2.75, 3.05) is 6.54 Å². The number of amides is 2. The largest absolute Gasteiger partial charge is 0.481 e. The van der Waals surface area contributed by atoms with Gasteiger partial charge in [0.15, 0.2) is 11.6 Å². The standard InChI is InChI=1S/C52H80N2O12/c1-11-37(48(59)60)39-20-19-30(4)44(63-39)34(8)42(55)33(7)43(56)38(12-2)45-31(5)29-32(6)51(64-45)25-21-40(54-47(58)46(57)53-28-23-36-17-15-14-16-18-36)52(66-51)27-26-49(10,65-52)41-22-24-50(61,13-3)35(9)62-41/h14-18,21,25,30-35,37-42,44-45,55,61H,11-13,19-20,22-24,26-29H2,1-10H3,(H,53,57)(H,54,58)(H,59,60)/t30-,31-,32+,33-,34-,35-,37+,38?,39+,40+,41+,42+,44+,45-,49-,50+,51-,52-/m0/s1. The second kappa shape index (κ2) is 21.2. The molecule has 0 saturated carbocycles. The minimum Gasteiger partial charge on any atom is -0.481 e. The van der Waals surface area contributed by atoms with Gasteiger partial charge in [-0.3, -0.25) is 19.2 Å². The van der Waals surface area contributed by atoms with E-state index in [1.807, 2.05) is 78.8 Å². The highest BCUT2D eigenvalue weighted by atomic mass is 16.8. The second-order valence-electron chi connectivity index (χ2n) is 20.9. The normalized spacial score (nSPS) is 39.1. The van der Waals surface area contributed by atoms with Crippen molar-refractivity contribution in [2.24, 2.45) is 41.4 Å². The van der Waals surface area contributed by atoms with E-state index in [9.17, 15) is 34.5 Å². The number of aliphatic hydroxyl groups excluding tert-OH is 1. The number of ketones is 1. The van der Waals surface area contributed by atoms with E-state index in [1.165, 1.54) is 0 Å². The van der Waals surface area contributed by atoms with Crippen molar-refractivity contribution >= 4 is 23.6 Å². The summed E-state index contributed by atoms with van der Waals surface area (Å²) < 4.78 is 34.5. The summed E-state index contributed by atoms with van der Waals surface area (Å²) in [6.07, 6.45) is 6.16. The van der Waals surface area contributed by atoms with Crippen molar-refractivity contribution in [3.63, 3.8) is 0 Å². The van der Waals surface area contributed by atoms with Crippen LogP contribution in [0.5, 0.6) is 0 Å². The lowest BCUT2D eigenvalue weighted by Crippen LogP contribution is -2.66. The fraction of sp³-hybridized carbons (Fsp3) is 0.769. The highest BCUT2D eigenvalue weighted by Crippen LogP contribution is 2.54. The van der Waals surface area contributed by atoms with Crippen molar-refractivity contribution in [2.45, 2.75) is 205 Å². The van der Waals surface area contributed by atoms with Gasteiger partial charge in [-0.1, -0.05) is 91.8 Å². The summed E-state index contributed by atoms with van der Waals surface area (Å²) in [5.74, 6) is -8.19. The van der Waals surface area contributed by atoms with Crippen LogP contribution in [0, 0.1) is 41.4 Å². The summed E-state index contributed by atoms with van der Waals surface area (Å²) in [6, 6.07) is 8.80.